The summed E-state index contributed by atoms with van der Waals surface area (Å²) < 4.78 is 27.9. The number of nitrogens with zero attached hydrogens (tertiary/aromatic N) is 1. The molecule has 0 amide bonds. The molecule has 4 rings (SSSR count). The third-order valence-corrected chi connectivity index (χ3v) is 6.86. The summed E-state index contributed by atoms with van der Waals surface area (Å²) in [5.74, 6) is 0.278. The maximum atomic E-state index is 12.8. The highest BCUT2D eigenvalue weighted by Gasteiger charge is 2.28. The lowest BCUT2D eigenvalue weighted by molar-refractivity contribution is 0.554. The second-order valence-electron chi connectivity index (χ2n) is 6.73. The van der Waals surface area contributed by atoms with Gasteiger partial charge in [0.25, 0.3) is 0 Å². The van der Waals surface area contributed by atoms with Crippen LogP contribution in [0.25, 0.3) is 5.52 Å². The third kappa shape index (κ3) is 2.65. The smallest absolute Gasteiger partial charge is 0.178 e. The zero-order valence-electron chi connectivity index (χ0n) is 13.8. The molecule has 0 saturated carbocycles. The van der Waals surface area contributed by atoms with E-state index in [9.17, 15) is 8.42 Å². The molecule has 2 heterocycles. The number of hydrogen-bond donors (Lipinski definition) is 0. The molecule has 1 atom stereocenters. The maximum Gasteiger partial charge on any atom is 0.178 e. The molecule has 3 nitrogen and oxygen atoms in total. The fourth-order valence-corrected chi connectivity index (χ4v) is 5.39. The predicted octanol–water partition coefficient (Wildman–Crippen LogP) is 4.14. The van der Waals surface area contributed by atoms with Crippen LogP contribution in [-0.2, 0) is 16.3 Å². The van der Waals surface area contributed by atoms with Crippen LogP contribution in [-0.4, -0.2) is 18.6 Å². The van der Waals surface area contributed by atoms with Crippen molar-refractivity contribution in [3.05, 3.63) is 71.5 Å². The molecule has 124 valence electrons. The number of sulfone groups is 1. The van der Waals surface area contributed by atoms with E-state index in [0.717, 1.165) is 30.3 Å². The molecule has 0 aliphatic heterocycles. The van der Waals surface area contributed by atoms with E-state index in [1.807, 2.05) is 31.2 Å². The Morgan fingerprint density at radius 1 is 1.12 bits per heavy atom. The minimum Gasteiger partial charge on any atom is -0.321 e. The van der Waals surface area contributed by atoms with Crippen LogP contribution in [0, 0.1) is 6.92 Å². The quantitative estimate of drug-likeness (QED) is 0.719. The second-order valence-corrected chi connectivity index (χ2v) is 8.76. The second kappa shape index (κ2) is 5.78. The Hall–Kier alpha value is -2.07. The van der Waals surface area contributed by atoms with Crippen molar-refractivity contribution < 1.29 is 8.42 Å². The van der Waals surface area contributed by atoms with Crippen molar-refractivity contribution in [3.63, 3.8) is 0 Å². The number of pyridine rings is 1. The average Bonchev–Trinajstić information content (AvgIpc) is 2.95. The van der Waals surface area contributed by atoms with Gasteiger partial charge in [-0.3, -0.25) is 0 Å². The first-order valence-electron chi connectivity index (χ1n) is 8.43. The predicted molar refractivity (Wildman–Crippen MR) is 96.3 cm³/mol. The van der Waals surface area contributed by atoms with Gasteiger partial charge in [-0.2, -0.15) is 0 Å². The molecule has 1 aliphatic carbocycles. The van der Waals surface area contributed by atoms with Gasteiger partial charge in [-0.1, -0.05) is 23.8 Å². The summed E-state index contributed by atoms with van der Waals surface area (Å²) in [6, 6.07) is 15.5. The highest BCUT2D eigenvalue weighted by Crippen LogP contribution is 2.36. The summed E-state index contributed by atoms with van der Waals surface area (Å²) in [6.07, 6.45) is 5.08. The number of benzene rings is 1. The monoisotopic (exact) mass is 339 g/mol. The van der Waals surface area contributed by atoms with E-state index in [1.54, 1.807) is 12.1 Å². The first-order valence-corrected chi connectivity index (χ1v) is 10.1. The Labute approximate surface area is 142 Å². The van der Waals surface area contributed by atoms with E-state index in [-0.39, 0.29) is 11.7 Å². The van der Waals surface area contributed by atoms with E-state index < -0.39 is 9.84 Å². The summed E-state index contributed by atoms with van der Waals surface area (Å²) in [6.45, 7) is 1.97. The number of rotatable bonds is 3. The molecule has 0 saturated heterocycles. The van der Waals surface area contributed by atoms with E-state index >= 15 is 0 Å². The van der Waals surface area contributed by atoms with E-state index in [4.69, 9.17) is 0 Å². The first-order chi connectivity index (χ1) is 11.5. The first kappa shape index (κ1) is 15.5. The van der Waals surface area contributed by atoms with Crippen LogP contribution in [0.4, 0.5) is 0 Å². The van der Waals surface area contributed by atoms with Crippen LogP contribution >= 0.6 is 0 Å². The van der Waals surface area contributed by atoms with Gasteiger partial charge in [0.2, 0.25) is 0 Å². The number of aromatic nitrogens is 1. The Kier molecular flexibility index (Phi) is 3.72. The van der Waals surface area contributed by atoms with Gasteiger partial charge in [0.1, 0.15) is 0 Å². The van der Waals surface area contributed by atoms with Crippen molar-refractivity contribution in [3.8, 4) is 0 Å². The summed E-state index contributed by atoms with van der Waals surface area (Å²) >= 11 is 0. The lowest BCUT2D eigenvalue weighted by atomic mass is 9.88. The summed E-state index contributed by atoms with van der Waals surface area (Å²) in [4.78, 5) is 0.434. The van der Waals surface area contributed by atoms with E-state index in [0.29, 0.717) is 4.90 Å². The molecule has 24 heavy (non-hydrogen) atoms. The van der Waals surface area contributed by atoms with Gasteiger partial charge in [-0.25, -0.2) is 8.42 Å². The van der Waals surface area contributed by atoms with Gasteiger partial charge in [0.05, 0.1) is 10.6 Å². The Bertz CT molecular complexity index is 984. The van der Waals surface area contributed by atoms with Crippen LogP contribution in [0.15, 0.2) is 59.6 Å². The van der Waals surface area contributed by atoms with Crippen molar-refractivity contribution in [2.45, 2.75) is 37.0 Å². The SMILES string of the molecule is Cc1ccc(S(=O)(=O)CC2CCCc3c2cc2ccccn32)cc1. The summed E-state index contributed by atoms with van der Waals surface area (Å²) in [7, 11) is -3.27. The van der Waals surface area contributed by atoms with Crippen molar-refractivity contribution in [1.29, 1.82) is 0 Å². The average molecular weight is 339 g/mol. The third-order valence-electron chi connectivity index (χ3n) is 5.03. The van der Waals surface area contributed by atoms with Gasteiger partial charge in [0, 0.05) is 23.3 Å². The standard InChI is InChI=1S/C20H21NO2S/c1-15-8-10-18(11-9-15)24(22,23)14-16-5-4-7-20-19(16)13-17-6-2-3-12-21(17)20/h2-3,6,8-13,16H,4-5,7,14H2,1H3. The molecule has 2 aromatic heterocycles. The molecule has 0 radical (unpaired) electrons. The molecule has 3 aromatic rings. The normalized spacial score (nSPS) is 17.8. The fraction of sp³-hybridized carbons (Fsp3) is 0.300. The van der Waals surface area contributed by atoms with Crippen LogP contribution in [0.3, 0.4) is 0 Å². The topological polar surface area (TPSA) is 38.5 Å². The molecule has 0 spiro atoms. The highest BCUT2D eigenvalue weighted by molar-refractivity contribution is 7.91. The van der Waals surface area contributed by atoms with Gasteiger partial charge in [-0.05, 0) is 62.1 Å². The lowest BCUT2D eigenvalue weighted by Crippen LogP contribution is -2.19. The molecule has 0 fully saturated rings. The van der Waals surface area contributed by atoms with Crippen molar-refractivity contribution in [1.82, 2.24) is 4.40 Å². The molecule has 1 aliphatic rings. The molecular formula is C20H21NO2S. The van der Waals surface area contributed by atoms with Crippen LogP contribution in [0.2, 0.25) is 0 Å². The number of hydrogen-bond acceptors (Lipinski definition) is 2. The highest BCUT2D eigenvalue weighted by atomic mass is 32.2. The fourth-order valence-electron chi connectivity index (χ4n) is 3.77. The van der Waals surface area contributed by atoms with Gasteiger partial charge >= 0.3 is 0 Å². The number of fused-ring (bicyclic) bond motifs is 3. The van der Waals surface area contributed by atoms with Crippen LogP contribution < -0.4 is 0 Å². The zero-order chi connectivity index (χ0) is 16.7. The largest absolute Gasteiger partial charge is 0.321 e. The maximum absolute atomic E-state index is 12.8. The molecule has 0 bridgehead atoms. The number of aryl methyl sites for hydroxylation is 2. The van der Waals surface area contributed by atoms with Gasteiger partial charge in [-0.15, -0.1) is 0 Å². The van der Waals surface area contributed by atoms with E-state index in [2.05, 4.69) is 22.7 Å². The minimum absolute atomic E-state index is 0.0833. The van der Waals surface area contributed by atoms with Crippen LogP contribution in [0.5, 0.6) is 0 Å². The Balaban J connectivity index is 1.70. The Morgan fingerprint density at radius 3 is 2.71 bits per heavy atom. The summed E-state index contributed by atoms with van der Waals surface area (Å²) in [5.41, 5.74) is 4.72. The van der Waals surface area contributed by atoms with Crippen LogP contribution in [0.1, 0.15) is 35.6 Å². The summed E-state index contributed by atoms with van der Waals surface area (Å²) in [5, 5.41) is 0. The van der Waals surface area contributed by atoms with Crippen molar-refractivity contribution >= 4 is 15.4 Å². The van der Waals surface area contributed by atoms with Crippen molar-refractivity contribution in [2.75, 3.05) is 5.75 Å². The minimum atomic E-state index is -3.27. The Morgan fingerprint density at radius 2 is 1.92 bits per heavy atom. The molecule has 4 heteroatoms. The van der Waals surface area contributed by atoms with Gasteiger partial charge in [0.15, 0.2) is 9.84 Å². The molecular weight excluding hydrogens is 318 g/mol. The lowest BCUT2D eigenvalue weighted by Gasteiger charge is -2.23. The van der Waals surface area contributed by atoms with Crippen molar-refractivity contribution in [2.24, 2.45) is 0 Å². The van der Waals surface area contributed by atoms with E-state index in [1.165, 1.54) is 11.3 Å². The molecule has 1 unspecified atom stereocenters. The molecule has 0 N–H and O–H groups in total. The molecule has 1 aromatic carbocycles. The zero-order valence-corrected chi connectivity index (χ0v) is 14.6. The van der Waals surface area contributed by atoms with Gasteiger partial charge < -0.3 is 4.40 Å².